The molecule has 0 spiro atoms. The molecule has 3 rings (SSSR count). The maximum atomic E-state index is 12.0. The van der Waals surface area contributed by atoms with Gasteiger partial charge in [-0.2, -0.15) is 0 Å². The lowest BCUT2D eigenvalue weighted by Gasteiger charge is -2.29. The average Bonchev–Trinajstić information content (AvgIpc) is 2.89. The molecular weight excluding hydrogens is 358 g/mol. The second-order valence-electron chi connectivity index (χ2n) is 7.15. The molecule has 2 heterocycles. The van der Waals surface area contributed by atoms with Crippen LogP contribution in [0.15, 0.2) is 29.6 Å². The monoisotopic (exact) mass is 381 g/mol. The highest BCUT2D eigenvalue weighted by molar-refractivity contribution is 7.90. The highest BCUT2D eigenvalue weighted by Crippen LogP contribution is 2.27. The van der Waals surface area contributed by atoms with Gasteiger partial charge < -0.3 is 4.57 Å². The Morgan fingerprint density at radius 1 is 1.32 bits per heavy atom. The number of fused-ring (bicyclic) bond motifs is 1. The van der Waals surface area contributed by atoms with E-state index in [1.165, 1.54) is 17.4 Å². The van der Waals surface area contributed by atoms with Gasteiger partial charge in [-0.25, -0.2) is 13.4 Å². The van der Waals surface area contributed by atoms with Gasteiger partial charge in [0.2, 0.25) is 15.0 Å². The van der Waals surface area contributed by atoms with E-state index in [4.69, 9.17) is 11.6 Å². The van der Waals surface area contributed by atoms with Crippen LogP contribution in [0.4, 0.5) is 0 Å². The number of hydrogen-bond acceptors (Lipinski definition) is 4. The fourth-order valence-corrected chi connectivity index (χ4v) is 4.48. The normalized spacial score (nSPS) is 15.6. The molecule has 136 valence electrons. The first-order valence-corrected chi connectivity index (χ1v) is 10.8. The van der Waals surface area contributed by atoms with Crippen LogP contribution in [-0.2, 0) is 35.9 Å². The first kappa shape index (κ1) is 18.4. The SMILES string of the molecule is CC(C)Cn1c(CN2CCc3c(Cl)cccc3C2)cnc1S(C)(=O)=O. The van der Waals surface area contributed by atoms with Crippen LogP contribution in [0.5, 0.6) is 0 Å². The molecule has 25 heavy (non-hydrogen) atoms. The Hall–Kier alpha value is -1.37. The second kappa shape index (κ2) is 7.09. The second-order valence-corrected chi connectivity index (χ2v) is 9.46. The Morgan fingerprint density at radius 3 is 2.76 bits per heavy atom. The van der Waals surface area contributed by atoms with Crippen molar-refractivity contribution in [2.45, 2.75) is 45.1 Å². The molecule has 0 atom stereocenters. The summed E-state index contributed by atoms with van der Waals surface area (Å²) in [7, 11) is -3.34. The highest BCUT2D eigenvalue weighted by atomic mass is 35.5. The molecule has 1 aromatic heterocycles. The number of rotatable bonds is 5. The van der Waals surface area contributed by atoms with E-state index in [2.05, 4.69) is 29.8 Å². The van der Waals surface area contributed by atoms with E-state index in [9.17, 15) is 8.42 Å². The van der Waals surface area contributed by atoms with Gasteiger partial charge in [-0.3, -0.25) is 4.90 Å². The van der Waals surface area contributed by atoms with Crippen LogP contribution in [0.2, 0.25) is 5.02 Å². The number of sulfone groups is 1. The summed E-state index contributed by atoms with van der Waals surface area (Å²) in [6.45, 7) is 7.20. The molecule has 5 nitrogen and oxygen atoms in total. The van der Waals surface area contributed by atoms with Crippen LogP contribution in [0.3, 0.4) is 0 Å². The van der Waals surface area contributed by atoms with Crippen molar-refractivity contribution in [1.82, 2.24) is 14.5 Å². The number of imidazole rings is 1. The van der Waals surface area contributed by atoms with Crippen molar-refractivity contribution in [3.05, 3.63) is 46.2 Å². The average molecular weight is 382 g/mol. The number of aromatic nitrogens is 2. The summed E-state index contributed by atoms with van der Waals surface area (Å²) in [4.78, 5) is 6.51. The molecule has 0 aliphatic carbocycles. The van der Waals surface area contributed by atoms with Crippen LogP contribution in [0, 0.1) is 5.92 Å². The largest absolute Gasteiger partial charge is 0.317 e. The van der Waals surface area contributed by atoms with Crippen LogP contribution < -0.4 is 0 Å². The highest BCUT2D eigenvalue weighted by Gasteiger charge is 2.23. The maximum Gasteiger partial charge on any atom is 0.227 e. The summed E-state index contributed by atoms with van der Waals surface area (Å²) >= 11 is 6.29. The van der Waals surface area contributed by atoms with Gasteiger partial charge in [0.05, 0.1) is 11.9 Å². The van der Waals surface area contributed by atoms with Gasteiger partial charge in [-0.1, -0.05) is 37.6 Å². The number of hydrogen-bond donors (Lipinski definition) is 0. The van der Waals surface area contributed by atoms with Crippen molar-refractivity contribution >= 4 is 21.4 Å². The Kier molecular flexibility index (Phi) is 5.23. The quantitative estimate of drug-likeness (QED) is 0.798. The van der Waals surface area contributed by atoms with Crippen LogP contribution in [-0.4, -0.2) is 35.7 Å². The van der Waals surface area contributed by atoms with Gasteiger partial charge in [-0.15, -0.1) is 0 Å². The predicted molar refractivity (Wildman–Crippen MR) is 99.4 cm³/mol. The van der Waals surface area contributed by atoms with E-state index in [0.717, 1.165) is 30.2 Å². The minimum absolute atomic E-state index is 0.164. The molecule has 0 unspecified atom stereocenters. The number of halogens is 1. The molecule has 2 aromatic rings. The van der Waals surface area contributed by atoms with Gasteiger partial charge in [0.25, 0.3) is 0 Å². The minimum Gasteiger partial charge on any atom is -0.317 e. The third-order valence-corrected chi connectivity index (χ3v) is 5.80. The van der Waals surface area contributed by atoms with Crippen molar-refractivity contribution in [3.8, 4) is 0 Å². The maximum absolute atomic E-state index is 12.0. The van der Waals surface area contributed by atoms with Crippen molar-refractivity contribution < 1.29 is 8.42 Å². The Morgan fingerprint density at radius 2 is 2.08 bits per heavy atom. The van der Waals surface area contributed by atoms with Crippen LogP contribution >= 0.6 is 11.6 Å². The zero-order valence-electron chi connectivity index (χ0n) is 14.9. The summed E-state index contributed by atoms with van der Waals surface area (Å²) < 4.78 is 25.9. The Labute approximate surface area is 154 Å². The van der Waals surface area contributed by atoms with Gasteiger partial charge in [-0.05, 0) is 29.5 Å². The zero-order chi connectivity index (χ0) is 18.2. The van der Waals surface area contributed by atoms with Gasteiger partial charge in [0.15, 0.2) is 0 Å². The molecule has 0 fully saturated rings. The molecule has 1 aliphatic heterocycles. The fourth-order valence-electron chi connectivity index (χ4n) is 3.36. The summed E-state index contributed by atoms with van der Waals surface area (Å²) in [5.41, 5.74) is 3.42. The zero-order valence-corrected chi connectivity index (χ0v) is 16.4. The molecule has 0 N–H and O–H groups in total. The number of nitrogens with zero attached hydrogens (tertiary/aromatic N) is 3. The predicted octanol–water partition coefficient (Wildman–Crippen LogP) is 3.15. The third-order valence-electron chi connectivity index (χ3n) is 4.45. The van der Waals surface area contributed by atoms with Crippen LogP contribution in [0.1, 0.15) is 30.7 Å². The molecule has 1 aromatic carbocycles. The molecular formula is C18H24ClN3O2S. The molecule has 0 amide bonds. The lowest BCUT2D eigenvalue weighted by Crippen LogP contribution is -2.31. The smallest absolute Gasteiger partial charge is 0.227 e. The lowest BCUT2D eigenvalue weighted by molar-refractivity contribution is 0.237. The van der Waals surface area contributed by atoms with E-state index < -0.39 is 9.84 Å². The number of benzene rings is 1. The van der Waals surface area contributed by atoms with Gasteiger partial charge in [0.1, 0.15) is 0 Å². The first-order valence-electron chi connectivity index (χ1n) is 8.48. The van der Waals surface area contributed by atoms with Crippen molar-refractivity contribution in [1.29, 1.82) is 0 Å². The van der Waals surface area contributed by atoms with Gasteiger partial charge in [0, 0.05) is 37.5 Å². The van der Waals surface area contributed by atoms with Crippen LogP contribution in [0.25, 0.3) is 0 Å². The fraction of sp³-hybridized carbons (Fsp3) is 0.500. The first-order chi connectivity index (χ1) is 11.8. The summed E-state index contributed by atoms with van der Waals surface area (Å²) in [5.74, 6) is 0.342. The van der Waals surface area contributed by atoms with E-state index in [1.807, 2.05) is 16.7 Å². The molecule has 1 aliphatic rings. The Balaban J connectivity index is 1.85. The summed E-state index contributed by atoms with van der Waals surface area (Å²) in [5, 5.41) is 0.998. The van der Waals surface area contributed by atoms with Crippen molar-refractivity contribution in [3.63, 3.8) is 0 Å². The third kappa shape index (κ3) is 4.07. The molecule has 0 radical (unpaired) electrons. The Bertz CT molecular complexity index is 874. The molecule has 0 saturated carbocycles. The standard InChI is InChI=1S/C18H24ClN3O2S/c1-13(2)10-22-15(9-20-18(22)25(3,23)24)12-21-8-7-16-14(11-21)5-4-6-17(16)19/h4-6,9,13H,7-8,10-12H2,1-3H3. The topological polar surface area (TPSA) is 55.2 Å². The minimum atomic E-state index is -3.34. The summed E-state index contributed by atoms with van der Waals surface area (Å²) in [6.07, 6.45) is 3.83. The lowest BCUT2D eigenvalue weighted by atomic mass is 10.00. The summed E-state index contributed by atoms with van der Waals surface area (Å²) in [6, 6.07) is 6.03. The molecule has 0 saturated heterocycles. The van der Waals surface area contributed by atoms with Crippen molar-refractivity contribution in [2.24, 2.45) is 5.92 Å². The van der Waals surface area contributed by atoms with E-state index in [-0.39, 0.29) is 5.16 Å². The van der Waals surface area contributed by atoms with E-state index in [1.54, 1.807) is 6.20 Å². The molecule has 0 bridgehead atoms. The van der Waals surface area contributed by atoms with Crippen molar-refractivity contribution in [2.75, 3.05) is 12.8 Å². The van der Waals surface area contributed by atoms with E-state index in [0.29, 0.717) is 19.0 Å². The molecule has 7 heteroatoms. The van der Waals surface area contributed by atoms with E-state index >= 15 is 0 Å². The van der Waals surface area contributed by atoms with Gasteiger partial charge >= 0.3 is 0 Å².